The molecule has 28 heavy (non-hydrogen) atoms. The van der Waals surface area contributed by atoms with Gasteiger partial charge in [0, 0.05) is 43.7 Å². The maximum Gasteiger partial charge on any atom is 0.274 e. The molecule has 1 amide bonds. The average molecular weight is 397 g/mol. The molecule has 0 atom stereocenters. The standard InChI is InChI=1S/C16H14N4OS.C5H10O/c1-2-13-11-22-16(18-13)19-15(21)14-4-3-9-20(14)10-12-5-7-17-8-6-12;1-2-4-6-5-3-1/h2-9,11H,1,10H2,(H,18,19,21);1-5H2. The lowest BCUT2D eigenvalue weighted by Crippen LogP contribution is -2.17. The first-order valence-electron chi connectivity index (χ1n) is 9.27. The molecular weight excluding hydrogens is 372 g/mol. The van der Waals surface area contributed by atoms with Crippen molar-refractivity contribution in [3.63, 3.8) is 0 Å². The van der Waals surface area contributed by atoms with Gasteiger partial charge in [0.2, 0.25) is 0 Å². The number of aromatic nitrogens is 3. The molecule has 0 aliphatic carbocycles. The molecule has 0 saturated carbocycles. The highest BCUT2D eigenvalue weighted by Gasteiger charge is 2.13. The Balaban J connectivity index is 0.000000320. The van der Waals surface area contributed by atoms with Gasteiger partial charge in [-0.3, -0.25) is 15.1 Å². The molecule has 7 heteroatoms. The number of carbonyl (C=O) groups excluding carboxylic acids is 1. The molecule has 1 aliphatic heterocycles. The number of ether oxygens (including phenoxy) is 1. The van der Waals surface area contributed by atoms with Gasteiger partial charge >= 0.3 is 0 Å². The Bertz CT molecular complexity index is 873. The fourth-order valence-electron chi connectivity index (χ4n) is 2.73. The molecule has 0 radical (unpaired) electrons. The van der Waals surface area contributed by atoms with Gasteiger partial charge in [0.05, 0.1) is 5.69 Å². The molecule has 3 aromatic heterocycles. The van der Waals surface area contributed by atoms with E-state index in [2.05, 4.69) is 21.9 Å². The number of nitrogens with one attached hydrogen (secondary N) is 1. The lowest BCUT2D eigenvalue weighted by molar-refractivity contribution is 0.0968. The number of thiazole rings is 1. The van der Waals surface area contributed by atoms with E-state index in [0.29, 0.717) is 17.4 Å². The van der Waals surface area contributed by atoms with Crippen molar-refractivity contribution in [2.24, 2.45) is 0 Å². The van der Waals surface area contributed by atoms with Crippen LogP contribution in [0.2, 0.25) is 0 Å². The average Bonchev–Trinajstić information content (AvgIpc) is 3.40. The van der Waals surface area contributed by atoms with Crippen LogP contribution >= 0.6 is 11.3 Å². The lowest BCUT2D eigenvalue weighted by Gasteiger charge is -2.08. The minimum absolute atomic E-state index is 0.177. The van der Waals surface area contributed by atoms with Crippen molar-refractivity contribution < 1.29 is 9.53 Å². The number of hydrogen-bond donors (Lipinski definition) is 1. The quantitative estimate of drug-likeness (QED) is 0.691. The third-order valence-corrected chi connectivity index (χ3v) is 4.97. The van der Waals surface area contributed by atoms with Gasteiger partial charge in [0.1, 0.15) is 5.69 Å². The minimum Gasteiger partial charge on any atom is -0.381 e. The van der Waals surface area contributed by atoms with Crippen LogP contribution in [0, 0.1) is 0 Å². The van der Waals surface area contributed by atoms with E-state index in [9.17, 15) is 4.79 Å². The van der Waals surface area contributed by atoms with E-state index in [-0.39, 0.29) is 5.91 Å². The third kappa shape index (κ3) is 5.87. The van der Waals surface area contributed by atoms with E-state index in [4.69, 9.17) is 4.74 Å². The Morgan fingerprint density at radius 1 is 1.25 bits per heavy atom. The number of carbonyl (C=O) groups is 1. The topological polar surface area (TPSA) is 69.0 Å². The number of amides is 1. The Kier molecular flexibility index (Phi) is 7.52. The molecule has 0 unspecified atom stereocenters. The Morgan fingerprint density at radius 3 is 2.64 bits per heavy atom. The molecule has 1 N–H and O–H groups in total. The fraction of sp³-hybridized carbons (Fsp3) is 0.286. The Morgan fingerprint density at radius 2 is 2.04 bits per heavy atom. The van der Waals surface area contributed by atoms with Crippen LogP contribution in [-0.2, 0) is 11.3 Å². The third-order valence-electron chi connectivity index (χ3n) is 4.19. The monoisotopic (exact) mass is 396 g/mol. The van der Waals surface area contributed by atoms with E-state index in [1.165, 1.54) is 30.6 Å². The van der Waals surface area contributed by atoms with Gasteiger partial charge in [-0.05, 0) is 55.2 Å². The van der Waals surface area contributed by atoms with Gasteiger partial charge in [0.25, 0.3) is 5.91 Å². The first kappa shape index (κ1) is 20.0. The molecule has 0 spiro atoms. The van der Waals surface area contributed by atoms with Crippen LogP contribution in [0.1, 0.15) is 41.0 Å². The summed E-state index contributed by atoms with van der Waals surface area (Å²) in [4.78, 5) is 20.6. The van der Waals surface area contributed by atoms with Gasteiger partial charge in [-0.1, -0.05) is 6.58 Å². The smallest absolute Gasteiger partial charge is 0.274 e. The zero-order chi connectivity index (χ0) is 19.6. The van der Waals surface area contributed by atoms with Gasteiger partial charge < -0.3 is 9.30 Å². The van der Waals surface area contributed by atoms with Crippen molar-refractivity contribution in [2.45, 2.75) is 25.8 Å². The summed E-state index contributed by atoms with van der Waals surface area (Å²) in [5, 5.41) is 5.22. The van der Waals surface area contributed by atoms with Crippen molar-refractivity contribution >= 4 is 28.5 Å². The number of pyridine rings is 1. The van der Waals surface area contributed by atoms with Crippen LogP contribution in [0.3, 0.4) is 0 Å². The summed E-state index contributed by atoms with van der Waals surface area (Å²) in [6.07, 6.45) is 10.9. The Hall–Kier alpha value is -2.77. The number of rotatable bonds is 5. The van der Waals surface area contributed by atoms with Gasteiger partial charge in [-0.2, -0.15) is 0 Å². The molecule has 4 rings (SSSR count). The second kappa shape index (κ2) is 10.5. The molecule has 1 saturated heterocycles. The van der Waals surface area contributed by atoms with Crippen molar-refractivity contribution in [1.29, 1.82) is 0 Å². The van der Waals surface area contributed by atoms with Crippen molar-refractivity contribution in [3.05, 3.63) is 71.8 Å². The normalized spacial score (nSPS) is 13.3. The molecule has 1 aliphatic rings. The fourth-order valence-corrected chi connectivity index (χ4v) is 3.42. The zero-order valence-electron chi connectivity index (χ0n) is 15.7. The summed E-state index contributed by atoms with van der Waals surface area (Å²) in [5.74, 6) is -0.177. The summed E-state index contributed by atoms with van der Waals surface area (Å²) in [7, 11) is 0. The summed E-state index contributed by atoms with van der Waals surface area (Å²) < 4.78 is 6.96. The van der Waals surface area contributed by atoms with E-state index < -0.39 is 0 Å². The molecule has 146 valence electrons. The van der Waals surface area contributed by atoms with Crippen LogP contribution in [-0.4, -0.2) is 33.7 Å². The first-order chi connectivity index (χ1) is 13.8. The number of nitrogens with zero attached hydrogens (tertiary/aromatic N) is 3. The molecule has 0 bridgehead atoms. The summed E-state index contributed by atoms with van der Waals surface area (Å²) in [5.41, 5.74) is 2.43. The van der Waals surface area contributed by atoms with E-state index in [1.54, 1.807) is 24.5 Å². The highest BCUT2D eigenvalue weighted by atomic mass is 32.1. The van der Waals surface area contributed by atoms with Crippen LogP contribution in [0.25, 0.3) is 6.08 Å². The SMILES string of the molecule is C1CCOCC1.C=Cc1csc(NC(=O)c2cccn2Cc2ccncc2)n1. The second-order valence-corrected chi connectivity index (χ2v) is 7.14. The maximum absolute atomic E-state index is 12.4. The van der Waals surface area contributed by atoms with E-state index in [1.807, 2.05) is 34.3 Å². The number of anilines is 1. The lowest BCUT2D eigenvalue weighted by atomic mass is 10.2. The summed E-state index contributed by atoms with van der Waals surface area (Å²) in [6.45, 7) is 6.28. The predicted molar refractivity (Wildman–Crippen MR) is 113 cm³/mol. The van der Waals surface area contributed by atoms with E-state index >= 15 is 0 Å². The van der Waals surface area contributed by atoms with Gasteiger partial charge in [-0.15, -0.1) is 11.3 Å². The zero-order valence-corrected chi connectivity index (χ0v) is 16.5. The van der Waals surface area contributed by atoms with Gasteiger partial charge in [-0.25, -0.2) is 4.98 Å². The van der Waals surface area contributed by atoms with Crippen LogP contribution in [0.15, 0.2) is 54.8 Å². The first-order valence-corrected chi connectivity index (χ1v) is 10.2. The summed E-state index contributed by atoms with van der Waals surface area (Å²) >= 11 is 1.38. The molecule has 3 aromatic rings. The minimum atomic E-state index is -0.177. The second-order valence-electron chi connectivity index (χ2n) is 6.29. The van der Waals surface area contributed by atoms with Crippen LogP contribution < -0.4 is 5.32 Å². The largest absolute Gasteiger partial charge is 0.381 e. The molecule has 1 fully saturated rings. The predicted octanol–water partition coefficient (Wildman–Crippen LogP) is 4.47. The molecule has 4 heterocycles. The Labute approximate surface area is 168 Å². The van der Waals surface area contributed by atoms with Crippen LogP contribution in [0.4, 0.5) is 5.13 Å². The molecular formula is C21H24N4O2S. The van der Waals surface area contributed by atoms with Crippen molar-refractivity contribution in [2.75, 3.05) is 18.5 Å². The molecule has 0 aromatic carbocycles. The van der Waals surface area contributed by atoms with Gasteiger partial charge in [0.15, 0.2) is 5.13 Å². The van der Waals surface area contributed by atoms with E-state index in [0.717, 1.165) is 24.5 Å². The van der Waals surface area contributed by atoms with Crippen LogP contribution in [0.5, 0.6) is 0 Å². The molecule has 6 nitrogen and oxygen atoms in total. The highest BCUT2D eigenvalue weighted by Crippen LogP contribution is 2.17. The van der Waals surface area contributed by atoms with Crippen molar-refractivity contribution in [3.8, 4) is 0 Å². The summed E-state index contributed by atoms with van der Waals surface area (Å²) in [6, 6.07) is 7.50. The number of hydrogen-bond acceptors (Lipinski definition) is 5. The van der Waals surface area contributed by atoms with Crippen molar-refractivity contribution in [1.82, 2.24) is 14.5 Å². The highest BCUT2D eigenvalue weighted by molar-refractivity contribution is 7.14. The maximum atomic E-state index is 12.4.